The van der Waals surface area contributed by atoms with Crippen LogP contribution in [0.15, 0.2) is 15.9 Å². The van der Waals surface area contributed by atoms with E-state index in [1.165, 1.54) is 4.88 Å². The number of methoxy groups -OCH3 is 1. The first-order valence-electron chi connectivity index (χ1n) is 4.05. The molecule has 1 aromatic heterocycles. The molecule has 1 unspecified atom stereocenters. The van der Waals surface area contributed by atoms with Crippen LogP contribution in [0, 0.1) is 0 Å². The number of nitrogens with two attached hydrogens (primary N) is 1. The van der Waals surface area contributed by atoms with Crippen LogP contribution in [0.2, 0.25) is 0 Å². The number of halogens is 1. The Morgan fingerprint density at radius 3 is 2.77 bits per heavy atom. The van der Waals surface area contributed by atoms with Crippen molar-refractivity contribution in [2.45, 2.75) is 18.9 Å². The van der Waals surface area contributed by atoms with Crippen molar-refractivity contribution in [2.24, 2.45) is 5.73 Å². The van der Waals surface area contributed by atoms with Crippen molar-refractivity contribution in [2.75, 3.05) is 13.7 Å². The predicted octanol–water partition coefficient (Wildman–Crippen LogP) is 2.42. The van der Waals surface area contributed by atoms with Crippen molar-refractivity contribution >= 4 is 27.3 Å². The molecule has 2 nitrogen and oxygen atoms in total. The third-order valence-corrected chi connectivity index (χ3v) is 3.30. The van der Waals surface area contributed by atoms with Gasteiger partial charge >= 0.3 is 0 Å². The highest BCUT2D eigenvalue weighted by atomic mass is 79.9. The molecule has 0 aromatic carbocycles. The number of rotatable bonds is 4. The molecule has 1 heterocycles. The van der Waals surface area contributed by atoms with Crippen LogP contribution >= 0.6 is 27.3 Å². The zero-order valence-corrected chi connectivity index (χ0v) is 10.2. The number of ether oxygens (including phenoxy) is 1. The Balaban J connectivity index is 2.57. The van der Waals surface area contributed by atoms with Gasteiger partial charge in [-0.3, -0.25) is 0 Å². The normalized spacial score (nSPS) is 15.7. The Labute approximate surface area is 91.2 Å². The van der Waals surface area contributed by atoms with Gasteiger partial charge in [-0.1, -0.05) is 0 Å². The number of thiophene rings is 1. The summed E-state index contributed by atoms with van der Waals surface area (Å²) in [5.74, 6) is 0. The number of hydrogen-bond donors (Lipinski definition) is 1. The highest BCUT2D eigenvalue weighted by Crippen LogP contribution is 2.24. The minimum absolute atomic E-state index is 0.265. The molecular formula is C9H14BrNOS. The lowest BCUT2D eigenvalue weighted by atomic mass is 10.00. The summed E-state index contributed by atoms with van der Waals surface area (Å²) < 4.78 is 6.20. The minimum Gasteiger partial charge on any atom is -0.383 e. The van der Waals surface area contributed by atoms with E-state index in [-0.39, 0.29) is 5.54 Å². The molecule has 0 spiro atoms. The van der Waals surface area contributed by atoms with E-state index >= 15 is 0 Å². The summed E-state index contributed by atoms with van der Waals surface area (Å²) in [7, 11) is 1.68. The van der Waals surface area contributed by atoms with Crippen LogP contribution in [0.1, 0.15) is 11.8 Å². The monoisotopic (exact) mass is 263 g/mol. The van der Waals surface area contributed by atoms with Crippen LogP contribution in [0.4, 0.5) is 0 Å². The summed E-state index contributed by atoms with van der Waals surface area (Å²) >= 11 is 5.15. The summed E-state index contributed by atoms with van der Waals surface area (Å²) in [6.45, 7) is 2.59. The van der Waals surface area contributed by atoms with Gasteiger partial charge in [0.25, 0.3) is 0 Å². The van der Waals surface area contributed by atoms with Crippen LogP contribution in [0.25, 0.3) is 0 Å². The first-order chi connectivity index (χ1) is 6.03. The van der Waals surface area contributed by atoms with Gasteiger partial charge in [-0.2, -0.15) is 0 Å². The lowest BCUT2D eigenvalue weighted by Gasteiger charge is -2.22. The number of hydrogen-bond acceptors (Lipinski definition) is 3. The van der Waals surface area contributed by atoms with Crippen LogP contribution < -0.4 is 5.73 Å². The zero-order chi connectivity index (χ0) is 9.90. The molecule has 1 aromatic rings. The lowest BCUT2D eigenvalue weighted by molar-refractivity contribution is 0.141. The van der Waals surface area contributed by atoms with Crippen molar-refractivity contribution in [3.63, 3.8) is 0 Å². The molecule has 0 fully saturated rings. The van der Waals surface area contributed by atoms with E-state index in [0.29, 0.717) is 6.61 Å². The Kier molecular flexibility index (Phi) is 3.91. The average Bonchev–Trinajstić information content (AvgIpc) is 2.34. The molecule has 2 N–H and O–H groups in total. The van der Waals surface area contributed by atoms with Crippen molar-refractivity contribution in [1.29, 1.82) is 0 Å². The van der Waals surface area contributed by atoms with Gasteiger partial charge in [0.2, 0.25) is 0 Å². The van der Waals surface area contributed by atoms with Gasteiger partial charge in [-0.25, -0.2) is 0 Å². The second kappa shape index (κ2) is 4.55. The lowest BCUT2D eigenvalue weighted by Crippen LogP contribution is -2.42. The molecule has 0 aliphatic carbocycles. The van der Waals surface area contributed by atoms with Crippen molar-refractivity contribution in [1.82, 2.24) is 0 Å². The summed E-state index contributed by atoms with van der Waals surface area (Å²) in [6.07, 6.45) is 0.858. The Morgan fingerprint density at radius 1 is 1.62 bits per heavy atom. The van der Waals surface area contributed by atoms with Crippen LogP contribution in [0.5, 0.6) is 0 Å². The molecule has 0 saturated heterocycles. The van der Waals surface area contributed by atoms with Crippen molar-refractivity contribution in [3.8, 4) is 0 Å². The molecule has 1 rings (SSSR count). The summed E-state index contributed by atoms with van der Waals surface area (Å²) in [5.41, 5.74) is 5.77. The summed E-state index contributed by atoms with van der Waals surface area (Å²) in [6, 6.07) is 4.14. The van der Waals surface area contributed by atoms with Crippen molar-refractivity contribution in [3.05, 3.63) is 20.8 Å². The molecule has 0 saturated carbocycles. The third-order valence-electron chi connectivity index (χ3n) is 1.68. The van der Waals surface area contributed by atoms with Crippen molar-refractivity contribution < 1.29 is 4.74 Å². The highest BCUT2D eigenvalue weighted by molar-refractivity contribution is 9.11. The van der Waals surface area contributed by atoms with Gasteiger partial charge < -0.3 is 10.5 Å². The zero-order valence-electron chi connectivity index (χ0n) is 7.84. The van der Waals surface area contributed by atoms with Gasteiger partial charge in [0.1, 0.15) is 0 Å². The van der Waals surface area contributed by atoms with E-state index in [1.54, 1.807) is 18.4 Å². The Hall–Kier alpha value is 0.1000. The van der Waals surface area contributed by atoms with E-state index in [9.17, 15) is 0 Å². The predicted molar refractivity (Wildman–Crippen MR) is 60.2 cm³/mol. The third kappa shape index (κ3) is 3.77. The second-order valence-electron chi connectivity index (χ2n) is 3.47. The molecule has 1 atom stereocenters. The second-order valence-corrected chi connectivity index (χ2v) is 6.02. The van der Waals surface area contributed by atoms with E-state index in [4.69, 9.17) is 10.5 Å². The Bertz CT molecular complexity index is 272. The largest absolute Gasteiger partial charge is 0.383 e. The van der Waals surface area contributed by atoms with Crippen LogP contribution in [-0.4, -0.2) is 19.3 Å². The van der Waals surface area contributed by atoms with Gasteiger partial charge in [0, 0.05) is 23.9 Å². The fraction of sp³-hybridized carbons (Fsp3) is 0.556. The van der Waals surface area contributed by atoms with E-state index in [1.807, 2.05) is 13.0 Å². The smallest absolute Gasteiger partial charge is 0.0701 e. The van der Waals surface area contributed by atoms with E-state index in [2.05, 4.69) is 22.0 Å². The quantitative estimate of drug-likeness (QED) is 0.906. The molecule has 74 valence electrons. The van der Waals surface area contributed by atoms with Gasteiger partial charge in [-0.15, -0.1) is 11.3 Å². The fourth-order valence-electron chi connectivity index (χ4n) is 1.23. The van der Waals surface area contributed by atoms with E-state index < -0.39 is 0 Å². The van der Waals surface area contributed by atoms with Gasteiger partial charge in [-0.05, 0) is 35.0 Å². The molecule has 0 aliphatic heterocycles. The van der Waals surface area contributed by atoms with Crippen LogP contribution in [0.3, 0.4) is 0 Å². The van der Waals surface area contributed by atoms with Crippen LogP contribution in [-0.2, 0) is 11.2 Å². The first kappa shape index (κ1) is 11.2. The highest BCUT2D eigenvalue weighted by Gasteiger charge is 2.19. The molecular weight excluding hydrogens is 250 g/mol. The van der Waals surface area contributed by atoms with E-state index in [0.717, 1.165) is 10.2 Å². The molecule has 0 bridgehead atoms. The summed E-state index contributed by atoms with van der Waals surface area (Å²) in [5, 5.41) is 0. The average molecular weight is 264 g/mol. The molecule has 0 amide bonds. The molecule has 4 heteroatoms. The SMILES string of the molecule is COCC(C)(N)Cc1ccc(Br)s1. The van der Waals surface area contributed by atoms with Gasteiger partial charge in [0.15, 0.2) is 0 Å². The Morgan fingerprint density at radius 2 is 2.31 bits per heavy atom. The maximum Gasteiger partial charge on any atom is 0.0701 e. The van der Waals surface area contributed by atoms with Gasteiger partial charge in [0.05, 0.1) is 10.4 Å². The summed E-state index contributed by atoms with van der Waals surface area (Å²) in [4.78, 5) is 1.29. The fourth-order valence-corrected chi connectivity index (χ4v) is 2.91. The minimum atomic E-state index is -0.265. The topological polar surface area (TPSA) is 35.2 Å². The maximum absolute atomic E-state index is 6.03. The first-order valence-corrected chi connectivity index (χ1v) is 5.66. The molecule has 0 aliphatic rings. The standard InChI is InChI=1S/C9H14BrNOS/c1-9(11,6-12-2)5-7-3-4-8(10)13-7/h3-4H,5-6,11H2,1-2H3. The molecule has 13 heavy (non-hydrogen) atoms. The molecule has 0 radical (unpaired) electrons. The maximum atomic E-state index is 6.03.